The summed E-state index contributed by atoms with van der Waals surface area (Å²) in [4.78, 5) is 8.55. The van der Waals surface area contributed by atoms with Crippen LogP contribution in [-0.4, -0.2) is 37.5 Å². The molecule has 0 fully saturated rings. The molecule has 0 saturated heterocycles. The fourth-order valence-corrected chi connectivity index (χ4v) is 3.79. The van der Waals surface area contributed by atoms with Crippen molar-refractivity contribution in [1.29, 1.82) is 0 Å². The van der Waals surface area contributed by atoms with Gasteiger partial charge in [0.05, 0.1) is 12.7 Å². The molecule has 0 aliphatic rings. The van der Waals surface area contributed by atoms with E-state index in [4.69, 9.17) is 14.3 Å². The number of aliphatic hydroxyl groups excluding tert-OH is 2. The van der Waals surface area contributed by atoms with Crippen molar-refractivity contribution >= 4 is 12.2 Å². The van der Waals surface area contributed by atoms with E-state index in [1.807, 2.05) is 35.0 Å². The topological polar surface area (TPSA) is 93.5 Å². The Balaban J connectivity index is 1.19. The van der Waals surface area contributed by atoms with Crippen LogP contribution in [0.4, 0.5) is 8.78 Å². The number of hydrogen-bond donors (Lipinski definition) is 2. The molecule has 9 heteroatoms. The summed E-state index contributed by atoms with van der Waals surface area (Å²) in [6, 6.07) is 11.3. The molecule has 1 atom stereocenters. The number of ether oxygens (including phenoxy) is 1. The Morgan fingerprint density at radius 3 is 2.70 bits per heavy atom. The lowest BCUT2D eigenvalue weighted by atomic mass is 10.1. The number of hydrogen-bond acceptors (Lipinski definition) is 6. The van der Waals surface area contributed by atoms with Gasteiger partial charge in [0, 0.05) is 43.1 Å². The summed E-state index contributed by atoms with van der Waals surface area (Å²) in [5, 5.41) is 18.7. The third-order valence-electron chi connectivity index (χ3n) is 5.79. The zero-order chi connectivity index (χ0) is 26.0. The molecule has 0 aliphatic carbocycles. The summed E-state index contributed by atoms with van der Waals surface area (Å²) >= 11 is 0. The van der Waals surface area contributed by atoms with Gasteiger partial charge in [0.15, 0.2) is 0 Å². The van der Waals surface area contributed by atoms with Gasteiger partial charge >= 0.3 is 0 Å². The van der Waals surface area contributed by atoms with Gasteiger partial charge in [-0.3, -0.25) is 0 Å². The van der Waals surface area contributed by atoms with E-state index >= 15 is 0 Å². The van der Waals surface area contributed by atoms with Gasteiger partial charge in [-0.2, -0.15) is 0 Å². The van der Waals surface area contributed by atoms with Crippen LogP contribution in [0.15, 0.2) is 65.5 Å². The summed E-state index contributed by atoms with van der Waals surface area (Å²) in [7, 11) is 0. The van der Waals surface area contributed by atoms with Gasteiger partial charge in [-0.25, -0.2) is 18.7 Å². The largest absolute Gasteiger partial charge is 0.487 e. The second kappa shape index (κ2) is 12.9. The van der Waals surface area contributed by atoms with E-state index in [-0.39, 0.29) is 18.8 Å². The highest BCUT2D eigenvalue weighted by Gasteiger charge is 2.09. The van der Waals surface area contributed by atoms with Gasteiger partial charge in [0.25, 0.3) is 0 Å². The monoisotopic (exact) mass is 509 g/mol. The molecule has 7 nitrogen and oxygen atoms in total. The summed E-state index contributed by atoms with van der Waals surface area (Å²) < 4.78 is 39.9. The van der Waals surface area contributed by atoms with Gasteiger partial charge in [0.1, 0.15) is 41.8 Å². The van der Waals surface area contributed by atoms with Crippen LogP contribution in [0, 0.1) is 11.6 Å². The van der Waals surface area contributed by atoms with Crippen LogP contribution in [0.1, 0.15) is 41.4 Å². The number of aryl methyl sites for hydroxylation is 2. The third-order valence-corrected chi connectivity index (χ3v) is 5.79. The molecule has 194 valence electrons. The molecule has 0 bridgehead atoms. The highest BCUT2D eigenvalue weighted by atomic mass is 19.1. The van der Waals surface area contributed by atoms with Crippen molar-refractivity contribution in [3.63, 3.8) is 0 Å². The first-order chi connectivity index (χ1) is 18.0. The van der Waals surface area contributed by atoms with Crippen molar-refractivity contribution in [2.24, 2.45) is 0 Å². The molecule has 2 N–H and O–H groups in total. The van der Waals surface area contributed by atoms with E-state index in [2.05, 4.69) is 9.97 Å². The summed E-state index contributed by atoms with van der Waals surface area (Å²) in [6.45, 7) is 0.757. The van der Waals surface area contributed by atoms with E-state index in [0.717, 1.165) is 37.7 Å². The molecule has 0 aliphatic heterocycles. The second-order valence-corrected chi connectivity index (χ2v) is 8.64. The molecular weight excluding hydrogens is 480 g/mol. The lowest BCUT2D eigenvalue weighted by Gasteiger charge is -2.10. The Morgan fingerprint density at radius 1 is 1.08 bits per heavy atom. The Kier molecular flexibility index (Phi) is 9.18. The lowest BCUT2D eigenvalue weighted by molar-refractivity contribution is 0.0931. The highest BCUT2D eigenvalue weighted by molar-refractivity contribution is 5.66. The minimum absolute atomic E-state index is 0.222. The molecule has 2 aromatic heterocycles. The van der Waals surface area contributed by atoms with Crippen LogP contribution in [0.25, 0.3) is 12.2 Å². The second-order valence-electron chi connectivity index (χ2n) is 8.64. The summed E-state index contributed by atoms with van der Waals surface area (Å²) in [5.41, 5.74) is 2.03. The molecule has 0 spiro atoms. The number of oxazole rings is 1. The van der Waals surface area contributed by atoms with Crippen LogP contribution >= 0.6 is 0 Å². The molecule has 0 saturated carbocycles. The third kappa shape index (κ3) is 7.83. The molecule has 0 radical (unpaired) electrons. The maximum Gasteiger partial charge on any atom is 0.218 e. The van der Waals surface area contributed by atoms with Crippen LogP contribution < -0.4 is 4.74 Å². The van der Waals surface area contributed by atoms with Crippen molar-refractivity contribution in [1.82, 2.24) is 14.5 Å². The lowest BCUT2D eigenvalue weighted by Crippen LogP contribution is -2.18. The first kappa shape index (κ1) is 26.2. The molecular formula is C28H29F2N3O4. The highest BCUT2D eigenvalue weighted by Crippen LogP contribution is 2.17. The zero-order valence-corrected chi connectivity index (χ0v) is 20.3. The minimum atomic E-state index is -0.788. The molecule has 0 unspecified atom stereocenters. The van der Waals surface area contributed by atoms with Gasteiger partial charge in [-0.15, -0.1) is 0 Å². The van der Waals surface area contributed by atoms with Crippen molar-refractivity contribution in [2.75, 3.05) is 6.61 Å². The normalized spacial score (nSPS) is 12.3. The van der Waals surface area contributed by atoms with Crippen LogP contribution in [0.3, 0.4) is 0 Å². The predicted molar refractivity (Wildman–Crippen MR) is 135 cm³/mol. The SMILES string of the molecule is OC[C@H](O)Cc1nccn1CCCCc1ccc(OCc2coc(C=Cc3ccc(F)cc3F)n2)cc1. The molecule has 2 aromatic carbocycles. The van der Waals surface area contributed by atoms with E-state index < -0.39 is 17.7 Å². The number of imidazole rings is 1. The van der Waals surface area contributed by atoms with Crippen LogP contribution in [0.2, 0.25) is 0 Å². The Hall–Kier alpha value is -3.82. The van der Waals surface area contributed by atoms with Crippen molar-refractivity contribution in [3.05, 3.63) is 101 Å². The molecule has 4 aromatic rings. The minimum Gasteiger partial charge on any atom is -0.487 e. The van der Waals surface area contributed by atoms with Crippen molar-refractivity contribution in [3.8, 4) is 5.75 Å². The average Bonchev–Trinajstić information content (AvgIpc) is 3.54. The van der Waals surface area contributed by atoms with E-state index in [1.165, 1.54) is 36.1 Å². The van der Waals surface area contributed by atoms with Gasteiger partial charge < -0.3 is 23.9 Å². The van der Waals surface area contributed by atoms with Crippen LogP contribution in [-0.2, 0) is 26.0 Å². The summed E-state index contributed by atoms with van der Waals surface area (Å²) in [5.74, 6) is 0.500. The first-order valence-electron chi connectivity index (χ1n) is 12.1. The number of rotatable bonds is 13. The van der Waals surface area contributed by atoms with Gasteiger partial charge in [-0.1, -0.05) is 12.1 Å². The fourth-order valence-electron chi connectivity index (χ4n) is 3.79. The molecule has 4 rings (SSSR count). The Morgan fingerprint density at radius 2 is 1.92 bits per heavy atom. The summed E-state index contributed by atoms with van der Waals surface area (Å²) in [6.07, 6.45) is 10.5. The Bertz CT molecular complexity index is 1300. The first-order valence-corrected chi connectivity index (χ1v) is 12.1. The maximum atomic E-state index is 13.7. The average molecular weight is 510 g/mol. The van der Waals surface area contributed by atoms with Gasteiger partial charge in [0.2, 0.25) is 5.89 Å². The predicted octanol–water partition coefficient (Wildman–Crippen LogP) is 4.82. The molecule has 2 heterocycles. The van der Waals surface area contributed by atoms with E-state index in [1.54, 1.807) is 6.20 Å². The van der Waals surface area contributed by atoms with E-state index in [9.17, 15) is 13.9 Å². The standard InChI is InChI=1S/C28H29F2N3O4/c29-22-8-6-21(26(30)15-22)7-11-28-32-23(19-37-28)18-36-25-9-4-20(5-10-25)3-1-2-13-33-14-12-31-27(33)16-24(35)17-34/h4-12,14-15,19,24,34-35H,1-3,13,16-18H2/t24-/m1/s1. The number of aromatic nitrogens is 3. The zero-order valence-electron chi connectivity index (χ0n) is 20.3. The van der Waals surface area contributed by atoms with Gasteiger partial charge in [-0.05, 0) is 55.2 Å². The number of unbranched alkanes of at least 4 members (excludes halogenated alkanes) is 1. The number of benzene rings is 2. The quantitative estimate of drug-likeness (QED) is 0.251. The maximum absolute atomic E-state index is 13.7. The van der Waals surface area contributed by atoms with E-state index in [0.29, 0.717) is 23.8 Å². The van der Waals surface area contributed by atoms with Crippen molar-refractivity contribution < 1.29 is 28.1 Å². The van der Waals surface area contributed by atoms with Crippen molar-refractivity contribution in [2.45, 2.75) is 44.9 Å². The number of nitrogens with zero attached hydrogens (tertiary/aromatic N) is 3. The number of halogens is 2. The fraction of sp³-hybridized carbons (Fsp3) is 0.286. The molecule has 37 heavy (non-hydrogen) atoms. The Labute approximate surface area is 213 Å². The van der Waals surface area contributed by atoms with Crippen LogP contribution in [0.5, 0.6) is 5.75 Å². The molecule has 0 amide bonds. The number of aliphatic hydroxyl groups is 2. The smallest absolute Gasteiger partial charge is 0.218 e.